The molecular weight excluding hydrogens is 408 g/mol. The van der Waals surface area contributed by atoms with Gasteiger partial charge >= 0.3 is 12.1 Å². The largest absolute Gasteiger partial charge is 0.481 e. The number of ether oxygens (including phenoxy) is 1. The number of hydrogen-bond donors (Lipinski definition) is 3. The molecule has 0 heterocycles. The molecule has 3 rings (SSSR count). The second kappa shape index (κ2) is 11.3. The molecule has 170 valence electrons. The van der Waals surface area contributed by atoms with E-state index >= 15 is 0 Å². The van der Waals surface area contributed by atoms with Crippen LogP contribution in [0.5, 0.6) is 0 Å². The standard InChI is InChI=1S/C25H30N2O5/c1-2-8-17(24(30)26-14-7-13-23(28)29)15-27-25(31)32-16-22-20-11-5-3-9-18(20)19-10-4-6-12-21(19)22/h3-6,9-12,17,22H,2,7-8,13-16H2,1H3,(H,26,30)(H,27,31)(H,28,29). The van der Waals surface area contributed by atoms with Crippen molar-refractivity contribution in [2.45, 2.75) is 38.5 Å². The number of benzene rings is 2. The summed E-state index contributed by atoms with van der Waals surface area (Å²) in [4.78, 5) is 35.3. The first-order valence-corrected chi connectivity index (χ1v) is 11.1. The quantitative estimate of drug-likeness (QED) is 0.461. The maximum absolute atomic E-state index is 12.4. The van der Waals surface area contributed by atoms with Crippen LogP contribution in [0.3, 0.4) is 0 Å². The fraction of sp³-hybridized carbons (Fsp3) is 0.400. The van der Waals surface area contributed by atoms with E-state index in [1.807, 2.05) is 31.2 Å². The Labute approximate surface area is 188 Å². The number of fused-ring (bicyclic) bond motifs is 3. The van der Waals surface area contributed by atoms with Crippen molar-refractivity contribution < 1.29 is 24.2 Å². The van der Waals surface area contributed by atoms with Crippen LogP contribution in [0.1, 0.15) is 49.7 Å². The molecule has 2 amide bonds. The van der Waals surface area contributed by atoms with Crippen molar-refractivity contribution >= 4 is 18.0 Å². The van der Waals surface area contributed by atoms with Crippen LogP contribution in [0.2, 0.25) is 0 Å². The first kappa shape index (κ1) is 23.3. The van der Waals surface area contributed by atoms with E-state index in [0.717, 1.165) is 17.5 Å². The lowest BCUT2D eigenvalue weighted by atomic mass is 9.98. The molecule has 1 aliphatic rings. The lowest BCUT2D eigenvalue weighted by Gasteiger charge is -2.18. The van der Waals surface area contributed by atoms with Gasteiger partial charge in [0.05, 0.1) is 5.92 Å². The molecule has 2 aromatic carbocycles. The van der Waals surface area contributed by atoms with Gasteiger partial charge in [0.15, 0.2) is 0 Å². The molecule has 0 aliphatic heterocycles. The molecule has 0 radical (unpaired) electrons. The molecule has 7 heteroatoms. The second-order valence-electron chi connectivity index (χ2n) is 7.98. The topological polar surface area (TPSA) is 105 Å². The van der Waals surface area contributed by atoms with Crippen LogP contribution >= 0.6 is 0 Å². The van der Waals surface area contributed by atoms with E-state index in [9.17, 15) is 14.4 Å². The van der Waals surface area contributed by atoms with Gasteiger partial charge in [-0.05, 0) is 35.1 Å². The van der Waals surface area contributed by atoms with Crippen molar-refractivity contribution in [1.82, 2.24) is 10.6 Å². The highest BCUT2D eigenvalue weighted by Crippen LogP contribution is 2.44. The molecule has 0 aromatic heterocycles. The lowest BCUT2D eigenvalue weighted by Crippen LogP contribution is -2.39. The SMILES string of the molecule is CCCC(CNC(=O)OCC1c2ccccc2-c2ccccc21)C(=O)NCCCC(=O)O. The third-order valence-electron chi connectivity index (χ3n) is 5.71. The number of carbonyl (C=O) groups is 3. The van der Waals surface area contributed by atoms with Crippen molar-refractivity contribution in [2.24, 2.45) is 5.92 Å². The molecule has 32 heavy (non-hydrogen) atoms. The molecule has 2 aromatic rings. The van der Waals surface area contributed by atoms with Crippen LogP contribution < -0.4 is 10.6 Å². The minimum Gasteiger partial charge on any atom is -0.481 e. The zero-order valence-corrected chi connectivity index (χ0v) is 18.3. The number of amides is 2. The number of nitrogens with one attached hydrogen (secondary N) is 2. The number of hydrogen-bond acceptors (Lipinski definition) is 4. The molecule has 1 atom stereocenters. The van der Waals surface area contributed by atoms with Gasteiger partial charge in [-0.3, -0.25) is 9.59 Å². The van der Waals surface area contributed by atoms with Crippen molar-refractivity contribution in [2.75, 3.05) is 19.7 Å². The molecular formula is C25H30N2O5. The molecule has 0 fully saturated rings. The van der Waals surface area contributed by atoms with Gasteiger partial charge in [0.2, 0.25) is 5.91 Å². The lowest BCUT2D eigenvalue weighted by molar-refractivity contribution is -0.137. The van der Waals surface area contributed by atoms with E-state index in [2.05, 4.69) is 34.9 Å². The van der Waals surface area contributed by atoms with Gasteiger partial charge in [-0.1, -0.05) is 61.9 Å². The summed E-state index contributed by atoms with van der Waals surface area (Å²) >= 11 is 0. The Morgan fingerprint density at radius 1 is 1.00 bits per heavy atom. The smallest absolute Gasteiger partial charge is 0.407 e. The highest BCUT2D eigenvalue weighted by molar-refractivity contribution is 5.80. The fourth-order valence-corrected chi connectivity index (χ4v) is 4.13. The van der Waals surface area contributed by atoms with Gasteiger partial charge in [-0.15, -0.1) is 0 Å². The summed E-state index contributed by atoms with van der Waals surface area (Å²) in [6.07, 6.45) is 1.25. The van der Waals surface area contributed by atoms with E-state index in [4.69, 9.17) is 9.84 Å². The van der Waals surface area contributed by atoms with Gasteiger partial charge < -0.3 is 20.5 Å². The van der Waals surface area contributed by atoms with E-state index in [-0.39, 0.29) is 37.3 Å². The van der Waals surface area contributed by atoms with Crippen molar-refractivity contribution in [3.63, 3.8) is 0 Å². The number of carboxylic acids is 1. The predicted molar refractivity (Wildman–Crippen MR) is 121 cm³/mol. The minimum atomic E-state index is -0.888. The molecule has 0 saturated carbocycles. The molecule has 0 bridgehead atoms. The maximum Gasteiger partial charge on any atom is 0.407 e. The molecule has 0 spiro atoms. The zero-order valence-electron chi connectivity index (χ0n) is 18.3. The number of alkyl carbamates (subject to hydrolysis) is 1. The Bertz CT molecular complexity index is 913. The normalized spacial score (nSPS) is 13.0. The number of aliphatic carboxylic acids is 1. The summed E-state index contributed by atoms with van der Waals surface area (Å²) in [5, 5.41) is 14.1. The van der Waals surface area contributed by atoms with E-state index in [1.165, 1.54) is 11.1 Å². The van der Waals surface area contributed by atoms with Crippen LogP contribution in [0.15, 0.2) is 48.5 Å². The summed E-state index contributed by atoms with van der Waals surface area (Å²) in [6, 6.07) is 16.3. The molecule has 3 N–H and O–H groups in total. The molecule has 1 unspecified atom stereocenters. The Balaban J connectivity index is 1.51. The van der Waals surface area contributed by atoms with Crippen molar-refractivity contribution in [1.29, 1.82) is 0 Å². The van der Waals surface area contributed by atoms with E-state index < -0.39 is 12.1 Å². The van der Waals surface area contributed by atoms with Crippen LogP contribution in [-0.4, -0.2) is 42.8 Å². The summed E-state index contributed by atoms with van der Waals surface area (Å²) in [5.41, 5.74) is 4.62. The first-order chi connectivity index (χ1) is 15.5. The minimum absolute atomic E-state index is 0.0106. The average molecular weight is 439 g/mol. The molecule has 1 aliphatic carbocycles. The van der Waals surface area contributed by atoms with Gasteiger partial charge in [0, 0.05) is 25.4 Å². The highest BCUT2D eigenvalue weighted by Gasteiger charge is 2.29. The summed E-state index contributed by atoms with van der Waals surface area (Å²) in [5.74, 6) is -1.47. The van der Waals surface area contributed by atoms with Crippen LogP contribution in [0, 0.1) is 5.92 Å². The number of rotatable bonds is 11. The van der Waals surface area contributed by atoms with Crippen molar-refractivity contribution in [3.05, 3.63) is 59.7 Å². The maximum atomic E-state index is 12.4. The Hall–Kier alpha value is -3.35. The molecule has 7 nitrogen and oxygen atoms in total. The number of carboxylic acid groups (broad SMARTS) is 1. The van der Waals surface area contributed by atoms with Crippen LogP contribution in [0.25, 0.3) is 11.1 Å². The third kappa shape index (κ3) is 5.87. The van der Waals surface area contributed by atoms with Gasteiger partial charge in [-0.25, -0.2) is 4.79 Å². The average Bonchev–Trinajstić information content (AvgIpc) is 3.11. The molecule has 0 saturated heterocycles. The third-order valence-corrected chi connectivity index (χ3v) is 5.71. The number of carbonyl (C=O) groups excluding carboxylic acids is 2. The van der Waals surface area contributed by atoms with Crippen molar-refractivity contribution in [3.8, 4) is 11.1 Å². The van der Waals surface area contributed by atoms with E-state index in [0.29, 0.717) is 19.4 Å². The van der Waals surface area contributed by atoms with Gasteiger partial charge in [-0.2, -0.15) is 0 Å². The second-order valence-corrected chi connectivity index (χ2v) is 7.98. The summed E-state index contributed by atoms with van der Waals surface area (Å²) in [7, 11) is 0. The Morgan fingerprint density at radius 2 is 1.62 bits per heavy atom. The zero-order chi connectivity index (χ0) is 22.9. The Morgan fingerprint density at radius 3 is 2.22 bits per heavy atom. The predicted octanol–water partition coefficient (Wildman–Crippen LogP) is 3.92. The van der Waals surface area contributed by atoms with E-state index in [1.54, 1.807) is 0 Å². The summed E-state index contributed by atoms with van der Waals surface area (Å²) < 4.78 is 5.53. The van der Waals surface area contributed by atoms with Gasteiger partial charge in [0.25, 0.3) is 0 Å². The van der Waals surface area contributed by atoms with Crippen LogP contribution in [-0.2, 0) is 14.3 Å². The Kier molecular flexibility index (Phi) is 8.25. The summed E-state index contributed by atoms with van der Waals surface area (Å²) in [6.45, 7) is 2.67. The highest BCUT2D eigenvalue weighted by atomic mass is 16.5. The fourth-order valence-electron chi connectivity index (χ4n) is 4.13. The van der Waals surface area contributed by atoms with Crippen LogP contribution in [0.4, 0.5) is 4.79 Å². The van der Waals surface area contributed by atoms with Gasteiger partial charge in [0.1, 0.15) is 6.61 Å². The monoisotopic (exact) mass is 438 g/mol. The first-order valence-electron chi connectivity index (χ1n) is 11.1.